The van der Waals surface area contributed by atoms with E-state index >= 15 is 0 Å². The fraction of sp³-hybridized carbons (Fsp3) is 0.105. The molecule has 2 heterocycles. The molecule has 4 aromatic rings. The van der Waals surface area contributed by atoms with Crippen LogP contribution in [0.5, 0.6) is 5.75 Å². The fourth-order valence-electron chi connectivity index (χ4n) is 3.17. The van der Waals surface area contributed by atoms with Crippen LogP contribution in [0.3, 0.4) is 0 Å². The molecule has 1 atom stereocenters. The number of hydrogen-bond donors (Lipinski definition) is 2. The molecule has 0 aliphatic carbocycles. The number of benzene rings is 2. The molecule has 8 heteroatoms. The summed E-state index contributed by atoms with van der Waals surface area (Å²) >= 11 is -2.36. The average molecular weight is 381 g/mol. The van der Waals surface area contributed by atoms with Gasteiger partial charge < -0.3 is 19.3 Å². The van der Waals surface area contributed by atoms with Crippen molar-refractivity contribution >= 4 is 38.9 Å². The molecule has 7 nitrogen and oxygen atoms in total. The number of hydrazine groups is 1. The number of hydrogen-bond acceptors (Lipinski definition) is 5. The number of rotatable bonds is 6. The summed E-state index contributed by atoms with van der Waals surface area (Å²) in [6.07, 6.45) is 1.79. The number of nitrogens with zero attached hydrogens (tertiary/aromatic N) is 2. The first-order valence-electron chi connectivity index (χ1n) is 8.26. The molecule has 0 bridgehead atoms. The van der Waals surface area contributed by atoms with Crippen LogP contribution in [0, 0.1) is 0 Å². The van der Waals surface area contributed by atoms with Crippen LogP contribution in [0.1, 0.15) is 5.56 Å². The Morgan fingerprint density at radius 1 is 1.15 bits per heavy atom. The zero-order valence-corrected chi connectivity index (χ0v) is 15.3. The second-order valence-corrected chi connectivity index (χ2v) is 6.67. The smallest absolute Gasteiger partial charge is 0.119 e. The molecule has 2 aromatic heterocycles. The van der Waals surface area contributed by atoms with Crippen molar-refractivity contribution in [2.45, 2.75) is 6.54 Å². The fourth-order valence-corrected chi connectivity index (χ4v) is 3.37. The highest BCUT2D eigenvalue weighted by atomic mass is 32.2. The first-order chi connectivity index (χ1) is 13.2. The molecule has 4 rings (SSSR count). The van der Waals surface area contributed by atoms with Crippen LogP contribution in [0.4, 0.5) is 5.69 Å². The van der Waals surface area contributed by atoms with E-state index < -0.39 is 11.3 Å². The Morgan fingerprint density at radius 2 is 1.96 bits per heavy atom. The van der Waals surface area contributed by atoms with Crippen molar-refractivity contribution in [3.05, 3.63) is 66.4 Å². The minimum absolute atomic E-state index is 0.663. The van der Waals surface area contributed by atoms with Crippen LogP contribution in [0.25, 0.3) is 21.9 Å². The molecule has 0 spiro atoms. The number of methoxy groups -OCH3 is 1. The molecule has 2 N–H and O–H groups in total. The minimum atomic E-state index is -2.36. The highest BCUT2D eigenvalue weighted by Gasteiger charge is 2.12. The Morgan fingerprint density at radius 3 is 2.70 bits per heavy atom. The number of anilines is 1. The van der Waals surface area contributed by atoms with Crippen LogP contribution in [-0.2, 0) is 17.8 Å². The first kappa shape index (κ1) is 17.5. The predicted octanol–water partition coefficient (Wildman–Crippen LogP) is 2.96. The van der Waals surface area contributed by atoms with Gasteiger partial charge in [0.2, 0.25) is 0 Å². The SMILES string of the molecule is COc1ccc2c(c1)c1ncccc1n2Cc1ccc(NNS(=O)[O-])cc1. The summed E-state index contributed by atoms with van der Waals surface area (Å²) in [5, 5.41) is 1.05. The maximum Gasteiger partial charge on any atom is 0.119 e. The first-order valence-corrected chi connectivity index (χ1v) is 9.34. The van der Waals surface area contributed by atoms with E-state index in [-0.39, 0.29) is 0 Å². The van der Waals surface area contributed by atoms with Crippen molar-refractivity contribution in [3.8, 4) is 5.75 Å². The molecule has 0 saturated carbocycles. The van der Waals surface area contributed by atoms with Gasteiger partial charge in [-0.1, -0.05) is 12.1 Å². The largest absolute Gasteiger partial charge is 0.759 e. The quantitative estimate of drug-likeness (QED) is 0.396. The third-order valence-electron chi connectivity index (χ3n) is 4.40. The number of ether oxygens (including phenoxy) is 1. The Labute approximate surface area is 158 Å². The van der Waals surface area contributed by atoms with E-state index in [0.29, 0.717) is 12.2 Å². The third kappa shape index (κ3) is 3.50. The molecule has 0 amide bonds. The lowest BCUT2D eigenvalue weighted by Crippen LogP contribution is -2.23. The van der Waals surface area contributed by atoms with E-state index in [0.717, 1.165) is 33.2 Å². The van der Waals surface area contributed by atoms with E-state index in [2.05, 4.69) is 25.9 Å². The van der Waals surface area contributed by atoms with E-state index in [1.54, 1.807) is 13.3 Å². The molecule has 0 aliphatic heterocycles. The lowest BCUT2D eigenvalue weighted by Gasteiger charge is -2.11. The van der Waals surface area contributed by atoms with Gasteiger partial charge in [0.25, 0.3) is 0 Å². The molecule has 0 saturated heterocycles. The summed E-state index contributed by atoms with van der Waals surface area (Å²) in [5.74, 6) is 0.797. The zero-order chi connectivity index (χ0) is 18.8. The molecule has 0 aliphatic rings. The topological polar surface area (TPSA) is 91.2 Å². The lowest BCUT2D eigenvalue weighted by molar-refractivity contribution is 0.415. The molecule has 27 heavy (non-hydrogen) atoms. The van der Waals surface area contributed by atoms with Gasteiger partial charge >= 0.3 is 0 Å². The van der Waals surface area contributed by atoms with Crippen molar-refractivity contribution in [3.63, 3.8) is 0 Å². The summed E-state index contributed by atoms with van der Waals surface area (Å²) in [7, 11) is 1.65. The van der Waals surface area contributed by atoms with Crippen molar-refractivity contribution in [1.82, 2.24) is 14.4 Å². The van der Waals surface area contributed by atoms with Crippen LogP contribution in [0.2, 0.25) is 0 Å². The van der Waals surface area contributed by atoms with Gasteiger partial charge in [-0.15, -0.1) is 0 Å². The van der Waals surface area contributed by atoms with E-state index in [1.165, 1.54) is 0 Å². The number of aromatic nitrogens is 2. The second kappa shape index (κ2) is 7.36. The maximum absolute atomic E-state index is 10.6. The van der Waals surface area contributed by atoms with E-state index in [9.17, 15) is 8.76 Å². The summed E-state index contributed by atoms with van der Waals surface area (Å²) in [6, 6.07) is 17.5. The Balaban J connectivity index is 1.71. The molecule has 138 valence electrons. The van der Waals surface area contributed by atoms with Gasteiger partial charge in [-0.25, -0.2) is 0 Å². The summed E-state index contributed by atoms with van der Waals surface area (Å²) < 4.78 is 28.7. The Bertz CT molecular complexity index is 1130. The van der Waals surface area contributed by atoms with Crippen LogP contribution in [-0.4, -0.2) is 25.4 Å². The molecule has 0 fully saturated rings. The van der Waals surface area contributed by atoms with Gasteiger partial charge in [-0.2, -0.15) is 4.83 Å². The predicted molar refractivity (Wildman–Crippen MR) is 105 cm³/mol. The summed E-state index contributed by atoms with van der Waals surface area (Å²) in [4.78, 5) is 6.68. The van der Waals surface area contributed by atoms with Crippen LogP contribution < -0.4 is 15.0 Å². The number of pyridine rings is 1. The summed E-state index contributed by atoms with van der Waals surface area (Å²) in [6.45, 7) is 0.666. The molecular formula is C19H17N4O3S-. The third-order valence-corrected chi connectivity index (χ3v) is 4.67. The van der Waals surface area contributed by atoms with Crippen molar-refractivity contribution in [2.75, 3.05) is 12.5 Å². The number of fused-ring (bicyclic) bond motifs is 3. The second-order valence-electron chi connectivity index (χ2n) is 6.00. The lowest BCUT2D eigenvalue weighted by atomic mass is 10.2. The zero-order valence-electron chi connectivity index (χ0n) is 14.5. The minimum Gasteiger partial charge on any atom is -0.759 e. The Hall–Kier alpha value is -2.94. The van der Waals surface area contributed by atoms with E-state index in [4.69, 9.17) is 4.74 Å². The molecular weight excluding hydrogens is 364 g/mol. The highest BCUT2D eigenvalue weighted by molar-refractivity contribution is 7.77. The number of nitrogens with one attached hydrogen (secondary N) is 2. The van der Waals surface area contributed by atoms with Crippen molar-refractivity contribution in [2.24, 2.45) is 0 Å². The van der Waals surface area contributed by atoms with Crippen molar-refractivity contribution in [1.29, 1.82) is 0 Å². The van der Waals surface area contributed by atoms with Crippen LogP contribution >= 0.6 is 0 Å². The molecule has 2 aromatic carbocycles. The highest BCUT2D eigenvalue weighted by Crippen LogP contribution is 2.31. The van der Waals surface area contributed by atoms with Gasteiger partial charge in [0, 0.05) is 35.1 Å². The molecule has 0 radical (unpaired) electrons. The standard InChI is InChI=1S/C19H18N4O3S/c1-26-15-8-9-17-16(11-15)19-18(3-2-10-20-19)23(17)12-13-4-6-14(7-5-13)21-22-27(24)25/h2-11,21-22H,12H2,1H3,(H,24,25)/p-1. The van der Waals surface area contributed by atoms with Gasteiger partial charge in [0.1, 0.15) is 5.75 Å². The maximum atomic E-state index is 10.6. The summed E-state index contributed by atoms with van der Waals surface area (Å²) in [5.41, 5.74) is 7.42. The Kier molecular flexibility index (Phi) is 4.76. The van der Waals surface area contributed by atoms with Crippen LogP contribution in [0.15, 0.2) is 60.8 Å². The van der Waals surface area contributed by atoms with Crippen molar-refractivity contribution < 1.29 is 13.5 Å². The van der Waals surface area contributed by atoms with E-state index in [1.807, 2.05) is 48.5 Å². The van der Waals surface area contributed by atoms with Gasteiger partial charge in [0.15, 0.2) is 0 Å². The molecule has 1 unspecified atom stereocenters. The van der Waals surface area contributed by atoms with Gasteiger partial charge in [-0.3, -0.25) is 9.19 Å². The monoisotopic (exact) mass is 381 g/mol. The van der Waals surface area contributed by atoms with Gasteiger partial charge in [0.05, 0.1) is 23.7 Å². The normalized spacial score (nSPS) is 12.4. The van der Waals surface area contributed by atoms with Gasteiger partial charge in [-0.05, 0) is 48.0 Å². The average Bonchev–Trinajstić information content (AvgIpc) is 3.00.